The number of benzene rings is 1. The van der Waals surface area contributed by atoms with Gasteiger partial charge in [-0.05, 0) is 24.8 Å². The highest BCUT2D eigenvalue weighted by atomic mass is 19.1. The second-order valence-corrected chi connectivity index (χ2v) is 5.85. The van der Waals surface area contributed by atoms with E-state index in [0.29, 0.717) is 24.4 Å². The number of ether oxygens (including phenoxy) is 1. The first-order chi connectivity index (χ1) is 10.5. The van der Waals surface area contributed by atoms with E-state index in [1.165, 1.54) is 13.2 Å². The van der Waals surface area contributed by atoms with Crippen LogP contribution in [0.2, 0.25) is 0 Å². The molecule has 1 saturated heterocycles. The van der Waals surface area contributed by atoms with E-state index in [4.69, 9.17) is 0 Å². The Morgan fingerprint density at radius 3 is 2.73 bits per heavy atom. The number of amides is 1. The number of likely N-dealkylation sites (tertiary alicyclic amines) is 1. The first-order valence-corrected chi connectivity index (χ1v) is 7.63. The van der Waals surface area contributed by atoms with Crippen LogP contribution in [-0.4, -0.2) is 30.4 Å². The number of esters is 1. The Morgan fingerprint density at radius 1 is 1.32 bits per heavy atom. The number of hydrogen-bond acceptors (Lipinski definition) is 3. The van der Waals surface area contributed by atoms with Gasteiger partial charge in [0.2, 0.25) is 5.91 Å². The van der Waals surface area contributed by atoms with E-state index in [0.717, 1.165) is 6.42 Å². The lowest BCUT2D eigenvalue weighted by molar-refractivity contribution is -0.141. The molecule has 1 aromatic rings. The van der Waals surface area contributed by atoms with Crippen LogP contribution in [0.5, 0.6) is 0 Å². The maximum Gasteiger partial charge on any atom is 0.305 e. The van der Waals surface area contributed by atoms with Gasteiger partial charge in [0.25, 0.3) is 0 Å². The van der Waals surface area contributed by atoms with Crippen LogP contribution in [-0.2, 0) is 14.3 Å². The Hall–Kier alpha value is -1.91. The zero-order valence-electron chi connectivity index (χ0n) is 13.0. The van der Waals surface area contributed by atoms with Gasteiger partial charge in [0.15, 0.2) is 0 Å². The minimum absolute atomic E-state index is 0.0264. The van der Waals surface area contributed by atoms with Gasteiger partial charge in [-0.25, -0.2) is 4.39 Å². The van der Waals surface area contributed by atoms with Gasteiger partial charge in [-0.15, -0.1) is 0 Å². The zero-order valence-corrected chi connectivity index (χ0v) is 13.0. The molecule has 1 amide bonds. The summed E-state index contributed by atoms with van der Waals surface area (Å²) in [5.74, 6) is -0.266. The fourth-order valence-corrected chi connectivity index (χ4v) is 2.99. The van der Waals surface area contributed by atoms with E-state index in [2.05, 4.69) is 11.7 Å². The lowest BCUT2D eigenvalue weighted by Gasteiger charge is -2.25. The van der Waals surface area contributed by atoms with Crippen LogP contribution in [0.15, 0.2) is 24.3 Å². The van der Waals surface area contributed by atoms with Crippen LogP contribution in [0.25, 0.3) is 0 Å². The summed E-state index contributed by atoms with van der Waals surface area (Å²) in [4.78, 5) is 25.3. The van der Waals surface area contributed by atoms with Crippen molar-refractivity contribution in [3.63, 3.8) is 0 Å². The van der Waals surface area contributed by atoms with Gasteiger partial charge in [-0.1, -0.05) is 25.1 Å². The number of methoxy groups -OCH3 is 1. The summed E-state index contributed by atoms with van der Waals surface area (Å²) in [5, 5.41) is 0. The Labute approximate surface area is 130 Å². The summed E-state index contributed by atoms with van der Waals surface area (Å²) in [7, 11) is 1.33. The molecule has 4 nitrogen and oxygen atoms in total. The lowest BCUT2D eigenvalue weighted by Crippen LogP contribution is -2.31. The quantitative estimate of drug-likeness (QED) is 0.785. The average Bonchev–Trinajstić information content (AvgIpc) is 2.89. The summed E-state index contributed by atoms with van der Waals surface area (Å²) in [6.07, 6.45) is 1.74. The maximum atomic E-state index is 14.0. The molecule has 5 heteroatoms. The summed E-state index contributed by atoms with van der Waals surface area (Å²) in [6.45, 7) is 2.70. The molecule has 120 valence electrons. The van der Waals surface area contributed by atoms with Gasteiger partial charge in [0.05, 0.1) is 13.2 Å². The molecule has 0 aliphatic carbocycles. The van der Waals surface area contributed by atoms with Crippen LogP contribution in [0.3, 0.4) is 0 Å². The van der Waals surface area contributed by atoms with Gasteiger partial charge >= 0.3 is 5.97 Å². The normalized spacial score (nSPS) is 21.0. The van der Waals surface area contributed by atoms with Crippen molar-refractivity contribution in [3.05, 3.63) is 35.6 Å². The molecular formula is C17H22FNO3. The van der Waals surface area contributed by atoms with E-state index in [9.17, 15) is 14.0 Å². The van der Waals surface area contributed by atoms with E-state index in [1.54, 1.807) is 23.1 Å². The van der Waals surface area contributed by atoms with Gasteiger partial charge < -0.3 is 9.64 Å². The molecular weight excluding hydrogens is 285 g/mol. The molecule has 1 fully saturated rings. The van der Waals surface area contributed by atoms with Crippen molar-refractivity contribution in [2.24, 2.45) is 5.92 Å². The van der Waals surface area contributed by atoms with E-state index < -0.39 is 0 Å². The molecule has 1 aromatic carbocycles. The second kappa shape index (κ2) is 7.38. The van der Waals surface area contributed by atoms with Crippen LogP contribution in [0.1, 0.15) is 44.2 Å². The standard InChI is InChI=1S/C17H22FNO3/c1-12-10-15(13-6-3-4-7-14(13)18)19(11-12)16(20)8-5-9-17(21)22-2/h3-4,6-7,12,15H,5,8-11H2,1-2H3/t12-,15+/m1/s1. The largest absolute Gasteiger partial charge is 0.469 e. The zero-order chi connectivity index (χ0) is 16.1. The summed E-state index contributed by atoms with van der Waals surface area (Å²) < 4.78 is 18.6. The van der Waals surface area contributed by atoms with E-state index in [-0.39, 0.29) is 36.6 Å². The summed E-state index contributed by atoms with van der Waals surface area (Å²) in [5.41, 5.74) is 0.577. The van der Waals surface area contributed by atoms with Crippen molar-refractivity contribution in [1.29, 1.82) is 0 Å². The number of carbonyl (C=O) groups excluding carboxylic acids is 2. The van der Waals surface area contributed by atoms with Gasteiger partial charge in [0.1, 0.15) is 5.82 Å². The molecule has 0 spiro atoms. The van der Waals surface area contributed by atoms with Crippen molar-refractivity contribution in [1.82, 2.24) is 4.90 Å². The third-order valence-electron chi connectivity index (χ3n) is 4.09. The molecule has 1 aliphatic heterocycles. The number of carbonyl (C=O) groups is 2. The third-order valence-corrected chi connectivity index (χ3v) is 4.09. The number of rotatable bonds is 5. The predicted octanol–water partition coefficient (Wildman–Crippen LogP) is 3.08. The fourth-order valence-electron chi connectivity index (χ4n) is 2.99. The molecule has 0 saturated carbocycles. The van der Waals surface area contributed by atoms with Crippen LogP contribution in [0.4, 0.5) is 4.39 Å². The highest BCUT2D eigenvalue weighted by molar-refractivity contribution is 5.78. The number of nitrogens with zero attached hydrogens (tertiary/aromatic N) is 1. The Morgan fingerprint density at radius 2 is 2.05 bits per heavy atom. The Kier molecular flexibility index (Phi) is 5.52. The second-order valence-electron chi connectivity index (χ2n) is 5.85. The summed E-state index contributed by atoms with van der Waals surface area (Å²) >= 11 is 0. The Balaban J connectivity index is 2.03. The number of hydrogen-bond donors (Lipinski definition) is 0. The van der Waals surface area contributed by atoms with Gasteiger partial charge in [-0.2, -0.15) is 0 Å². The monoisotopic (exact) mass is 307 g/mol. The lowest BCUT2D eigenvalue weighted by atomic mass is 10.0. The minimum Gasteiger partial charge on any atom is -0.469 e. The molecule has 0 aromatic heterocycles. The van der Waals surface area contributed by atoms with Crippen LogP contribution in [0, 0.1) is 11.7 Å². The molecule has 2 atom stereocenters. The molecule has 1 aliphatic rings. The van der Waals surface area contributed by atoms with E-state index >= 15 is 0 Å². The van der Waals surface area contributed by atoms with Crippen molar-refractivity contribution >= 4 is 11.9 Å². The smallest absolute Gasteiger partial charge is 0.305 e. The fraction of sp³-hybridized carbons (Fsp3) is 0.529. The molecule has 0 N–H and O–H groups in total. The molecule has 22 heavy (non-hydrogen) atoms. The third kappa shape index (κ3) is 3.84. The van der Waals surface area contributed by atoms with Crippen molar-refractivity contribution in [3.8, 4) is 0 Å². The van der Waals surface area contributed by atoms with Gasteiger partial charge in [0, 0.05) is 24.9 Å². The predicted molar refractivity (Wildman–Crippen MR) is 80.5 cm³/mol. The summed E-state index contributed by atoms with van der Waals surface area (Å²) in [6, 6.07) is 6.41. The van der Waals surface area contributed by atoms with Crippen molar-refractivity contribution in [2.45, 2.75) is 38.6 Å². The number of halogens is 1. The average molecular weight is 307 g/mol. The van der Waals surface area contributed by atoms with Gasteiger partial charge in [-0.3, -0.25) is 9.59 Å². The highest BCUT2D eigenvalue weighted by Gasteiger charge is 2.34. The minimum atomic E-state index is -0.312. The molecule has 0 unspecified atom stereocenters. The SMILES string of the molecule is COC(=O)CCCC(=O)N1C[C@H](C)C[C@H]1c1ccccc1F. The first kappa shape index (κ1) is 16.5. The first-order valence-electron chi connectivity index (χ1n) is 7.63. The molecule has 2 rings (SSSR count). The molecule has 0 radical (unpaired) electrons. The van der Waals surface area contributed by atoms with Crippen LogP contribution >= 0.6 is 0 Å². The maximum absolute atomic E-state index is 14.0. The Bertz CT molecular complexity index is 546. The molecule has 1 heterocycles. The van der Waals surface area contributed by atoms with E-state index in [1.807, 2.05) is 0 Å². The highest BCUT2D eigenvalue weighted by Crippen LogP contribution is 2.36. The van der Waals surface area contributed by atoms with Crippen molar-refractivity contribution in [2.75, 3.05) is 13.7 Å². The van der Waals surface area contributed by atoms with Crippen molar-refractivity contribution < 1.29 is 18.7 Å². The topological polar surface area (TPSA) is 46.6 Å². The van der Waals surface area contributed by atoms with Crippen LogP contribution < -0.4 is 0 Å². The molecule has 0 bridgehead atoms.